The van der Waals surface area contributed by atoms with Crippen LogP contribution in [0.1, 0.15) is 46.6 Å². The number of H-pyrrole nitrogens is 1. The maximum absolute atomic E-state index is 14.1. The van der Waals surface area contributed by atoms with Crippen LogP contribution in [-0.2, 0) is 11.9 Å². The summed E-state index contributed by atoms with van der Waals surface area (Å²) in [5.41, 5.74) is -0.168. The first-order valence-corrected chi connectivity index (χ1v) is 14.8. The number of halogens is 5. The van der Waals surface area contributed by atoms with Crippen molar-refractivity contribution in [3.63, 3.8) is 0 Å². The van der Waals surface area contributed by atoms with Crippen molar-refractivity contribution >= 4 is 64.2 Å². The smallest absolute Gasteiger partial charge is 0.362 e. The quantitative estimate of drug-likeness (QED) is 0.286. The van der Waals surface area contributed by atoms with E-state index in [0.29, 0.717) is 24.5 Å². The molecular formula is C28H25Cl3F2N4O4S. The van der Waals surface area contributed by atoms with E-state index in [1.54, 1.807) is 48.0 Å². The second-order valence-electron chi connectivity index (χ2n) is 9.94. The first-order chi connectivity index (χ1) is 19.8. The zero-order valence-corrected chi connectivity index (χ0v) is 25.7. The standard InChI is InChI=1S/C28H25Cl3F2N4O4S/c1-14-16-11-19(36-9-5-8-35(2)27(36)40)20(41-3)10-15(16)13-37(14)26(39)23-21(12-22(28(31,32)33)34-25(23)38)42-24-17(29)6-4-7-18(24)30/h4,6-7,10-12,14H,5,8-9,13H2,1-3H3,(H,34,38). The molecule has 1 unspecified atom stereocenters. The van der Waals surface area contributed by atoms with Crippen LogP contribution in [0.5, 0.6) is 5.75 Å². The van der Waals surface area contributed by atoms with Crippen LogP contribution in [0.3, 0.4) is 0 Å². The van der Waals surface area contributed by atoms with Crippen LogP contribution in [0, 0.1) is 0 Å². The van der Waals surface area contributed by atoms with E-state index in [0.717, 1.165) is 35.4 Å². The van der Waals surface area contributed by atoms with Crippen LogP contribution in [0.15, 0.2) is 51.0 Å². The Hall–Kier alpha value is -2.99. The molecule has 2 aliphatic rings. The second-order valence-corrected chi connectivity index (χ2v) is 12.3. The van der Waals surface area contributed by atoms with Crippen LogP contribution in [-0.4, -0.2) is 54.0 Å². The molecule has 1 aromatic heterocycles. The van der Waals surface area contributed by atoms with Gasteiger partial charge in [-0.15, -0.1) is 0 Å². The Kier molecular flexibility index (Phi) is 8.41. The van der Waals surface area contributed by atoms with E-state index >= 15 is 0 Å². The number of carbonyl (C=O) groups excluding carboxylic acids is 2. The van der Waals surface area contributed by atoms with E-state index in [2.05, 4.69) is 4.98 Å². The zero-order chi connectivity index (χ0) is 30.5. The molecule has 3 aromatic rings. The molecule has 14 heteroatoms. The largest absolute Gasteiger partial charge is 0.495 e. The minimum absolute atomic E-state index is 0.0857. The van der Waals surface area contributed by atoms with Crippen molar-refractivity contribution < 1.29 is 23.1 Å². The fraction of sp³-hybridized carbons (Fsp3) is 0.321. The van der Waals surface area contributed by atoms with Gasteiger partial charge in [0.15, 0.2) is 0 Å². The number of ether oxygens (including phenoxy) is 1. The number of fused-ring (bicyclic) bond motifs is 1. The Balaban J connectivity index is 1.56. The summed E-state index contributed by atoms with van der Waals surface area (Å²) < 4.78 is 33.8. The number of anilines is 1. The van der Waals surface area contributed by atoms with E-state index in [9.17, 15) is 23.2 Å². The van der Waals surface area contributed by atoms with Crippen molar-refractivity contribution in [3.8, 4) is 5.75 Å². The van der Waals surface area contributed by atoms with E-state index < -0.39 is 28.6 Å². The number of nitrogens with zero attached hydrogens (tertiary/aromatic N) is 3. The summed E-state index contributed by atoms with van der Waals surface area (Å²) in [7, 11) is 3.23. The number of pyridine rings is 1. The molecule has 0 saturated carbocycles. The number of rotatable bonds is 6. The fourth-order valence-corrected chi connectivity index (χ4v) is 6.90. The average molecular weight is 658 g/mol. The second kappa shape index (κ2) is 11.6. The molecule has 42 heavy (non-hydrogen) atoms. The highest BCUT2D eigenvalue weighted by molar-refractivity contribution is 7.99. The third kappa shape index (κ3) is 5.55. The first-order valence-electron chi connectivity index (χ1n) is 12.8. The summed E-state index contributed by atoms with van der Waals surface area (Å²) in [6.07, 6.45) is 0.776. The van der Waals surface area contributed by atoms with Gasteiger partial charge in [0.1, 0.15) is 17.0 Å². The van der Waals surface area contributed by atoms with Crippen LogP contribution in [0.2, 0.25) is 10.0 Å². The van der Waals surface area contributed by atoms with Gasteiger partial charge in [-0.25, -0.2) is 4.79 Å². The molecule has 0 spiro atoms. The summed E-state index contributed by atoms with van der Waals surface area (Å²) in [6, 6.07) is 8.58. The summed E-state index contributed by atoms with van der Waals surface area (Å²) in [4.78, 5) is 47.1. The predicted octanol–water partition coefficient (Wildman–Crippen LogP) is 7.11. The molecule has 3 amide bonds. The van der Waals surface area contributed by atoms with Crippen LogP contribution in [0.4, 0.5) is 19.3 Å². The Bertz CT molecular complexity index is 1630. The Morgan fingerprint density at radius 2 is 1.83 bits per heavy atom. The molecule has 1 N–H and O–H groups in total. The van der Waals surface area contributed by atoms with Crippen LogP contribution >= 0.6 is 46.6 Å². The van der Waals surface area contributed by atoms with Gasteiger partial charge in [-0.1, -0.05) is 41.0 Å². The molecule has 0 aliphatic carbocycles. The number of carbonyl (C=O) groups is 2. The van der Waals surface area contributed by atoms with Crippen LogP contribution in [0.25, 0.3) is 0 Å². The van der Waals surface area contributed by atoms with Crippen molar-refractivity contribution in [1.29, 1.82) is 0 Å². The average Bonchev–Trinajstić information content (AvgIpc) is 3.25. The maximum Gasteiger partial charge on any atom is 0.362 e. The molecule has 8 nitrogen and oxygen atoms in total. The SMILES string of the molecule is COc1cc2c(cc1N1CCCN(C)C1=O)C(C)N(C(=O)c1c(Sc3c(Cl)cccc3Cl)cc(C(F)(F)Cl)[nH]c1=O)C2. The lowest BCUT2D eigenvalue weighted by Crippen LogP contribution is -2.47. The molecule has 0 radical (unpaired) electrons. The highest BCUT2D eigenvalue weighted by atomic mass is 35.5. The molecule has 222 valence electrons. The molecule has 0 bridgehead atoms. The summed E-state index contributed by atoms with van der Waals surface area (Å²) >= 11 is 18.7. The molecule has 5 rings (SSSR count). The molecule has 3 heterocycles. The molecule has 1 fully saturated rings. The number of aromatic amines is 1. The first kappa shape index (κ1) is 30.5. The monoisotopic (exact) mass is 656 g/mol. The van der Waals surface area contributed by atoms with E-state index in [1.165, 1.54) is 12.0 Å². The summed E-state index contributed by atoms with van der Waals surface area (Å²) in [5.74, 6) is -0.223. The van der Waals surface area contributed by atoms with Gasteiger partial charge in [0.25, 0.3) is 11.5 Å². The highest BCUT2D eigenvalue weighted by Crippen LogP contribution is 2.44. The number of aromatic nitrogens is 1. The van der Waals surface area contributed by atoms with E-state index in [-0.39, 0.29) is 38.0 Å². The molecule has 1 atom stereocenters. The maximum atomic E-state index is 14.1. The van der Waals surface area contributed by atoms with E-state index in [4.69, 9.17) is 39.5 Å². The minimum atomic E-state index is -3.90. The lowest BCUT2D eigenvalue weighted by Gasteiger charge is -2.34. The number of urea groups is 1. The van der Waals surface area contributed by atoms with Gasteiger partial charge in [-0.3, -0.25) is 14.5 Å². The number of benzene rings is 2. The minimum Gasteiger partial charge on any atom is -0.495 e. The number of hydrogen-bond donors (Lipinski definition) is 1. The fourth-order valence-electron chi connectivity index (χ4n) is 5.16. The van der Waals surface area contributed by atoms with Gasteiger partial charge in [-0.2, -0.15) is 8.78 Å². The number of alkyl halides is 3. The highest BCUT2D eigenvalue weighted by Gasteiger charge is 2.38. The van der Waals surface area contributed by atoms with Crippen molar-refractivity contribution in [2.45, 2.75) is 41.1 Å². The molecule has 2 aromatic carbocycles. The Morgan fingerprint density at radius 1 is 1.14 bits per heavy atom. The topological polar surface area (TPSA) is 85.9 Å². The predicted molar refractivity (Wildman–Crippen MR) is 159 cm³/mol. The van der Waals surface area contributed by atoms with Gasteiger partial charge in [0, 0.05) is 36.5 Å². The normalized spacial score (nSPS) is 17.1. The summed E-state index contributed by atoms with van der Waals surface area (Å²) in [5, 5.41) is -3.47. The third-order valence-corrected chi connectivity index (χ3v) is 9.57. The summed E-state index contributed by atoms with van der Waals surface area (Å²) in [6.45, 7) is 3.05. The number of nitrogens with one attached hydrogen (secondary N) is 1. The van der Waals surface area contributed by atoms with Crippen LogP contribution < -0.4 is 15.2 Å². The molecule has 1 saturated heterocycles. The molecule has 2 aliphatic heterocycles. The van der Waals surface area contributed by atoms with Gasteiger partial charge < -0.3 is 19.5 Å². The number of hydrogen-bond acceptors (Lipinski definition) is 5. The van der Waals surface area contributed by atoms with Gasteiger partial charge >= 0.3 is 11.4 Å². The van der Waals surface area contributed by atoms with Gasteiger partial charge in [0.2, 0.25) is 0 Å². The third-order valence-electron chi connectivity index (χ3n) is 7.33. The lowest BCUT2D eigenvalue weighted by molar-refractivity contribution is 0.0695. The number of methoxy groups -OCH3 is 1. The lowest BCUT2D eigenvalue weighted by atomic mass is 10.0. The number of amides is 3. The van der Waals surface area contributed by atoms with Crippen molar-refractivity contribution in [2.75, 3.05) is 32.1 Å². The zero-order valence-electron chi connectivity index (χ0n) is 22.6. The van der Waals surface area contributed by atoms with E-state index in [1.807, 2.05) is 6.07 Å². The Labute approximate surface area is 259 Å². The van der Waals surface area contributed by atoms with Crippen molar-refractivity contribution in [3.05, 3.63) is 79.2 Å². The Morgan fingerprint density at radius 3 is 2.48 bits per heavy atom. The molecular weight excluding hydrogens is 633 g/mol. The van der Waals surface area contributed by atoms with Crippen molar-refractivity contribution in [2.24, 2.45) is 0 Å². The van der Waals surface area contributed by atoms with Gasteiger partial charge in [0.05, 0.1) is 28.9 Å². The van der Waals surface area contributed by atoms with Gasteiger partial charge in [-0.05, 0) is 66.4 Å². The van der Waals surface area contributed by atoms with Crippen molar-refractivity contribution in [1.82, 2.24) is 14.8 Å².